The van der Waals surface area contributed by atoms with Gasteiger partial charge in [-0.25, -0.2) is 8.42 Å². The van der Waals surface area contributed by atoms with Crippen molar-refractivity contribution in [1.82, 2.24) is 4.31 Å². The van der Waals surface area contributed by atoms with Crippen LogP contribution in [0.5, 0.6) is 17.2 Å². The van der Waals surface area contributed by atoms with Crippen LogP contribution >= 0.6 is 0 Å². The molecular formula is C24H27NO8S. The van der Waals surface area contributed by atoms with Crippen LogP contribution in [0.2, 0.25) is 0 Å². The first-order valence-electron chi connectivity index (χ1n) is 11.1. The molecule has 0 unspecified atom stereocenters. The third-order valence-electron chi connectivity index (χ3n) is 5.90. The number of carbonyl (C=O) groups is 2. The van der Waals surface area contributed by atoms with Gasteiger partial charge in [0, 0.05) is 25.6 Å². The lowest BCUT2D eigenvalue weighted by Gasteiger charge is -2.30. The molecule has 2 aromatic carbocycles. The maximum absolute atomic E-state index is 13.1. The highest BCUT2D eigenvalue weighted by Crippen LogP contribution is 2.34. The van der Waals surface area contributed by atoms with E-state index in [1.807, 2.05) is 0 Å². The minimum Gasteiger partial charge on any atom is -0.496 e. The second kappa shape index (κ2) is 10.4. The number of para-hydroxylation sites is 1. The fraction of sp³-hybridized carbons (Fsp3) is 0.417. The van der Waals surface area contributed by atoms with Gasteiger partial charge in [-0.15, -0.1) is 0 Å². The Hall–Kier alpha value is -3.11. The number of ether oxygens (including phenoxy) is 4. The van der Waals surface area contributed by atoms with Crippen LogP contribution in [0, 0.1) is 5.92 Å². The minimum absolute atomic E-state index is 0.125. The standard InChI is InChI=1S/C24H27NO8S/c1-30-21-6-3-2-5-19(21)20(26)16-33-24(27)17-9-11-25(12-10-17)34(28,29)18-7-8-22-23(15-18)32-14-4-13-31-22/h2-3,5-8,15,17H,4,9-14,16H2,1H3. The zero-order valence-electron chi connectivity index (χ0n) is 18.9. The number of ketones is 1. The second-order valence-electron chi connectivity index (χ2n) is 8.07. The number of methoxy groups -OCH3 is 1. The zero-order chi connectivity index (χ0) is 24.1. The smallest absolute Gasteiger partial charge is 0.309 e. The summed E-state index contributed by atoms with van der Waals surface area (Å²) in [7, 11) is -2.28. The second-order valence-corrected chi connectivity index (χ2v) is 10.0. The summed E-state index contributed by atoms with van der Waals surface area (Å²) in [6.45, 7) is 0.944. The molecule has 34 heavy (non-hydrogen) atoms. The summed E-state index contributed by atoms with van der Waals surface area (Å²) < 4.78 is 49.2. The van der Waals surface area contributed by atoms with Gasteiger partial charge in [-0.2, -0.15) is 4.31 Å². The predicted molar refractivity (Wildman–Crippen MR) is 122 cm³/mol. The molecule has 2 aliphatic heterocycles. The van der Waals surface area contributed by atoms with Crippen LogP contribution < -0.4 is 14.2 Å². The van der Waals surface area contributed by atoms with Crippen molar-refractivity contribution in [3.05, 3.63) is 48.0 Å². The number of carbonyl (C=O) groups excluding carboxylic acids is 2. The Morgan fingerprint density at radius 2 is 1.74 bits per heavy atom. The van der Waals surface area contributed by atoms with E-state index >= 15 is 0 Å². The summed E-state index contributed by atoms with van der Waals surface area (Å²) in [6.07, 6.45) is 1.35. The van der Waals surface area contributed by atoms with E-state index in [-0.39, 0.29) is 23.8 Å². The van der Waals surface area contributed by atoms with E-state index in [1.165, 1.54) is 23.5 Å². The van der Waals surface area contributed by atoms with Crippen molar-refractivity contribution in [2.45, 2.75) is 24.2 Å². The summed E-state index contributed by atoms with van der Waals surface area (Å²) in [5.41, 5.74) is 0.342. The molecule has 0 aliphatic carbocycles. The van der Waals surface area contributed by atoms with E-state index in [2.05, 4.69) is 0 Å². The number of esters is 1. The van der Waals surface area contributed by atoms with Crippen molar-refractivity contribution in [2.75, 3.05) is 40.0 Å². The van der Waals surface area contributed by atoms with E-state index in [1.54, 1.807) is 30.3 Å². The van der Waals surface area contributed by atoms with Crippen molar-refractivity contribution in [1.29, 1.82) is 0 Å². The number of sulfonamides is 1. The molecule has 0 radical (unpaired) electrons. The Morgan fingerprint density at radius 3 is 2.47 bits per heavy atom. The molecule has 0 atom stereocenters. The maximum atomic E-state index is 13.1. The first-order chi connectivity index (χ1) is 16.4. The van der Waals surface area contributed by atoms with E-state index in [9.17, 15) is 18.0 Å². The van der Waals surface area contributed by atoms with Crippen LogP contribution in [0.3, 0.4) is 0 Å². The van der Waals surface area contributed by atoms with Crippen LogP contribution in [-0.2, 0) is 19.6 Å². The summed E-state index contributed by atoms with van der Waals surface area (Å²) >= 11 is 0. The van der Waals surface area contributed by atoms with Gasteiger partial charge in [-0.1, -0.05) is 12.1 Å². The summed E-state index contributed by atoms with van der Waals surface area (Å²) in [4.78, 5) is 25.0. The molecule has 0 spiro atoms. The van der Waals surface area contributed by atoms with Gasteiger partial charge in [0.2, 0.25) is 15.8 Å². The number of benzene rings is 2. The highest BCUT2D eigenvalue weighted by molar-refractivity contribution is 7.89. The topological polar surface area (TPSA) is 108 Å². The average molecular weight is 490 g/mol. The number of rotatable bonds is 7. The van der Waals surface area contributed by atoms with Crippen LogP contribution in [0.15, 0.2) is 47.4 Å². The summed E-state index contributed by atoms with van der Waals surface area (Å²) in [5.74, 6) is 0.0194. The lowest BCUT2D eigenvalue weighted by molar-refractivity contribution is -0.148. The van der Waals surface area contributed by atoms with Crippen LogP contribution in [-0.4, -0.2) is 64.5 Å². The first-order valence-corrected chi connectivity index (χ1v) is 12.6. The Morgan fingerprint density at radius 1 is 1.03 bits per heavy atom. The largest absolute Gasteiger partial charge is 0.496 e. The molecule has 182 valence electrons. The van der Waals surface area contributed by atoms with Crippen molar-refractivity contribution < 1.29 is 37.0 Å². The lowest BCUT2D eigenvalue weighted by Crippen LogP contribution is -2.40. The monoisotopic (exact) mass is 489 g/mol. The fourth-order valence-electron chi connectivity index (χ4n) is 3.99. The maximum Gasteiger partial charge on any atom is 0.309 e. The number of fused-ring (bicyclic) bond motifs is 1. The zero-order valence-corrected chi connectivity index (χ0v) is 19.7. The third kappa shape index (κ3) is 5.18. The molecule has 9 nitrogen and oxygen atoms in total. The highest BCUT2D eigenvalue weighted by atomic mass is 32.2. The van der Waals surface area contributed by atoms with E-state index < -0.39 is 28.5 Å². The van der Waals surface area contributed by atoms with Crippen molar-refractivity contribution in [3.8, 4) is 17.2 Å². The van der Waals surface area contributed by atoms with Gasteiger partial charge in [0.1, 0.15) is 5.75 Å². The highest BCUT2D eigenvalue weighted by Gasteiger charge is 2.33. The Bertz CT molecular complexity index is 1160. The molecule has 0 saturated carbocycles. The molecule has 0 aromatic heterocycles. The first kappa shape index (κ1) is 24.0. The Kier molecular flexibility index (Phi) is 7.38. The Labute approximate surface area is 198 Å². The number of hydrogen-bond donors (Lipinski definition) is 0. The minimum atomic E-state index is -3.75. The molecule has 0 N–H and O–H groups in total. The quantitative estimate of drug-likeness (QED) is 0.432. The van der Waals surface area contributed by atoms with Gasteiger partial charge in [-0.05, 0) is 37.1 Å². The van der Waals surface area contributed by atoms with Crippen LogP contribution in [0.4, 0.5) is 0 Å². The molecule has 4 rings (SSSR count). The summed E-state index contributed by atoms with van der Waals surface area (Å²) in [6, 6.07) is 11.3. The van der Waals surface area contributed by atoms with Crippen molar-refractivity contribution >= 4 is 21.8 Å². The number of hydrogen-bond acceptors (Lipinski definition) is 8. The number of piperidine rings is 1. The van der Waals surface area contributed by atoms with Gasteiger partial charge in [0.05, 0.1) is 36.7 Å². The molecule has 0 bridgehead atoms. The van der Waals surface area contributed by atoms with E-state index in [4.69, 9.17) is 18.9 Å². The van der Waals surface area contributed by atoms with Gasteiger partial charge < -0.3 is 18.9 Å². The fourth-order valence-corrected chi connectivity index (χ4v) is 5.48. The van der Waals surface area contributed by atoms with Gasteiger partial charge >= 0.3 is 5.97 Å². The Balaban J connectivity index is 1.33. The molecule has 0 amide bonds. The van der Waals surface area contributed by atoms with Crippen LogP contribution in [0.25, 0.3) is 0 Å². The normalized spacial score (nSPS) is 17.0. The molecule has 2 aliphatic rings. The predicted octanol–water partition coefficient (Wildman–Crippen LogP) is 2.68. The van der Waals surface area contributed by atoms with E-state index in [0.29, 0.717) is 48.9 Å². The van der Waals surface area contributed by atoms with E-state index in [0.717, 1.165) is 6.42 Å². The lowest BCUT2D eigenvalue weighted by atomic mass is 9.98. The molecule has 10 heteroatoms. The molecule has 2 aromatic rings. The molecule has 2 heterocycles. The summed E-state index contributed by atoms with van der Waals surface area (Å²) in [5, 5.41) is 0. The van der Waals surface area contributed by atoms with Crippen molar-refractivity contribution in [3.63, 3.8) is 0 Å². The van der Waals surface area contributed by atoms with Crippen LogP contribution in [0.1, 0.15) is 29.6 Å². The number of nitrogens with zero attached hydrogens (tertiary/aromatic N) is 1. The van der Waals surface area contributed by atoms with Gasteiger partial charge in [-0.3, -0.25) is 9.59 Å². The van der Waals surface area contributed by atoms with Crippen molar-refractivity contribution in [2.24, 2.45) is 5.92 Å². The number of Topliss-reactive ketones (excluding diaryl/α,β-unsaturated/α-hetero) is 1. The third-order valence-corrected chi connectivity index (χ3v) is 7.79. The molecule has 1 fully saturated rings. The van der Waals surface area contributed by atoms with Gasteiger partial charge in [0.25, 0.3) is 0 Å². The molecule has 1 saturated heterocycles. The average Bonchev–Trinajstić information content (AvgIpc) is 3.12. The molecular weight excluding hydrogens is 462 g/mol. The SMILES string of the molecule is COc1ccccc1C(=O)COC(=O)C1CCN(S(=O)(=O)c2ccc3c(c2)OCCCO3)CC1. The van der Waals surface area contributed by atoms with Gasteiger partial charge in [0.15, 0.2) is 18.1 Å².